The first-order valence-electron chi connectivity index (χ1n) is 5.23. The molecule has 0 fully saturated rings. The van der Waals surface area contributed by atoms with E-state index in [9.17, 15) is 9.18 Å². The van der Waals surface area contributed by atoms with Gasteiger partial charge in [0, 0.05) is 13.7 Å². The smallest absolute Gasteiger partial charge is 0.323 e. The predicted octanol–water partition coefficient (Wildman–Crippen LogP) is 1.23. The van der Waals surface area contributed by atoms with E-state index in [1.54, 1.807) is 0 Å². The molecule has 0 aliphatic carbocycles. The first-order chi connectivity index (χ1) is 8.58. The highest BCUT2D eigenvalue weighted by Gasteiger charge is 2.14. The van der Waals surface area contributed by atoms with E-state index in [1.165, 1.54) is 24.1 Å². The van der Waals surface area contributed by atoms with Crippen molar-refractivity contribution in [1.29, 1.82) is 5.26 Å². The number of hydrogen-bond acceptors (Lipinski definition) is 4. The van der Waals surface area contributed by atoms with Crippen LogP contribution in [0.4, 0.5) is 10.1 Å². The van der Waals surface area contributed by atoms with Gasteiger partial charge in [-0.1, -0.05) is 0 Å². The van der Waals surface area contributed by atoms with Gasteiger partial charge in [-0.3, -0.25) is 4.79 Å². The molecule has 1 aromatic rings. The van der Waals surface area contributed by atoms with Crippen molar-refractivity contribution in [2.45, 2.75) is 0 Å². The van der Waals surface area contributed by atoms with Crippen LogP contribution in [0.1, 0.15) is 5.56 Å². The molecule has 5 nitrogen and oxygen atoms in total. The Labute approximate surface area is 104 Å². The highest BCUT2D eigenvalue weighted by Crippen LogP contribution is 2.20. The van der Waals surface area contributed by atoms with E-state index in [1.807, 2.05) is 6.07 Å². The molecule has 0 atom stereocenters. The summed E-state index contributed by atoms with van der Waals surface area (Å²) in [5.74, 6) is -1.56. The lowest BCUT2D eigenvalue weighted by Crippen LogP contribution is -2.33. The van der Waals surface area contributed by atoms with Crippen LogP contribution >= 0.6 is 0 Å². The maximum absolute atomic E-state index is 13.0. The Balaban J connectivity index is 3.03. The van der Waals surface area contributed by atoms with Crippen molar-refractivity contribution in [1.82, 2.24) is 0 Å². The zero-order chi connectivity index (χ0) is 13.5. The summed E-state index contributed by atoms with van der Waals surface area (Å²) in [6.07, 6.45) is 0. The quantitative estimate of drug-likeness (QED) is 0.824. The summed E-state index contributed by atoms with van der Waals surface area (Å²) in [5, 5.41) is 17.8. The van der Waals surface area contributed by atoms with Gasteiger partial charge < -0.3 is 14.7 Å². The molecule has 0 heterocycles. The number of benzene rings is 1. The average Bonchev–Trinajstić information content (AvgIpc) is 2.34. The Morgan fingerprint density at radius 1 is 1.61 bits per heavy atom. The maximum atomic E-state index is 13.0. The summed E-state index contributed by atoms with van der Waals surface area (Å²) in [6, 6.07) is 5.52. The second-order valence-electron chi connectivity index (χ2n) is 3.58. The number of nitriles is 1. The Morgan fingerprint density at radius 3 is 2.89 bits per heavy atom. The zero-order valence-electron chi connectivity index (χ0n) is 9.89. The predicted molar refractivity (Wildman–Crippen MR) is 62.8 cm³/mol. The van der Waals surface area contributed by atoms with Gasteiger partial charge in [0.1, 0.15) is 18.4 Å². The van der Waals surface area contributed by atoms with Crippen LogP contribution in [0.25, 0.3) is 0 Å². The second-order valence-corrected chi connectivity index (χ2v) is 3.58. The lowest BCUT2D eigenvalue weighted by molar-refractivity contribution is -0.135. The molecule has 96 valence electrons. The standard InChI is InChI=1S/C12H13FN2O3/c1-18-5-4-15(8-12(16)17)11-3-2-10(13)6-9(11)7-14/h2-3,6H,4-5,8H2,1H3,(H,16,17). The van der Waals surface area contributed by atoms with Crippen molar-refractivity contribution in [2.24, 2.45) is 0 Å². The minimum atomic E-state index is -1.03. The molecule has 1 aromatic carbocycles. The zero-order valence-corrected chi connectivity index (χ0v) is 9.89. The van der Waals surface area contributed by atoms with E-state index in [0.29, 0.717) is 18.8 Å². The van der Waals surface area contributed by atoms with E-state index < -0.39 is 11.8 Å². The first-order valence-corrected chi connectivity index (χ1v) is 5.23. The van der Waals surface area contributed by atoms with Crippen molar-refractivity contribution in [2.75, 3.05) is 31.7 Å². The third-order valence-corrected chi connectivity index (χ3v) is 2.31. The van der Waals surface area contributed by atoms with E-state index in [-0.39, 0.29) is 12.1 Å². The van der Waals surface area contributed by atoms with Crippen LogP contribution in [0, 0.1) is 17.1 Å². The molecular formula is C12H13FN2O3. The Hall–Kier alpha value is -2.13. The van der Waals surface area contributed by atoms with Crippen LogP contribution in [0.2, 0.25) is 0 Å². The summed E-state index contributed by atoms with van der Waals surface area (Å²) in [7, 11) is 1.49. The van der Waals surface area contributed by atoms with Gasteiger partial charge in [0.2, 0.25) is 0 Å². The number of methoxy groups -OCH3 is 1. The normalized spacial score (nSPS) is 9.83. The molecule has 0 unspecified atom stereocenters. The number of aliphatic carboxylic acids is 1. The van der Waals surface area contributed by atoms with E-state index in [4.69, 9.17) is 15.1 Å². The molecule has 18 heavy (non-hydrogen) atoms. The monoisotopic (exact) mass is 252 g/mol. The number of carboxylic acids is 1. The largest absolute Gasteiger partial charge is 0.480 e. The molecular weight excluding hydrogens is 239 g/mol. The molecule has 0 amide bonds. The minimum Gasteiger partial charge on any atom is -0.480 e. The molecule has 0 radical (unpaired) electrons. The van der Waals surface area contributed by atoms with Gasteiger partial charge in [-0.15, -0.1) is 0 Å². The molecule has 0 saturated carbocycles. The van der Waals surface area contributed by atoms with E-state index in [0.717, 1.165) is 6.07 Å². The third-order valence-electron chi connectivity index (χ3n) is 2.31. The van der Waals surface area contributed by atoms with Crippen LogP contribution < -0.4 is 4.90 Å². The topological polar surface area (TPSA) is 73.6 Å². The van der Waals surface area contributed by atoms with Gasteiger partial charge >= 0.3 is 5.97 Å². The molecule has 0 aliphatic rings. The van der Waals surface area contributed by atoms with Crippen LogP contribution in [-0.4, -0.2) is 37.9 Å². The number of rotatable bonds is 6. The molecule has 1 N–H and O–H groups in total. The van der Waals surface area contributed by atoms with Gasteiger partial charge in [0.05, 0.1) is 17.9 Å². The molecule has 0 bridgehead atoms. The fourth-order valence-electron chi connectivity index (χ4n) is 1.52. The van der Waals surface area contributed by atoms with Crippen molar-refractivity contribution >= 4 is 11.7 Å². The van der Waals surface area contributed by atoms with Crippen molar-refractivity contribution < 1.29 is 19.0 Å². The molecule has 0 saturated heterocycles. The molecule has 0 spiro atoms. The number of anilines is 1. The number of carbonyl (C=O) groups is 1. The first kappa shape index (κ1) is 13.9. The number of hydrogen-bond donors (Lipinski definition) is 1. The van der Waals surface area contributed by atoms with Crippen LogP contribution in [-0.2, 0) is 9.53 Å². The summed E-state index contributed by atoms with van der Waals surface area (Å²) in [4.78, 5) is 12.2. The number of carboxylic acid groups (broad SMARTS) is 1. The van der Waals surface area contributed by atoms with Gasteiger partial charge in [-0.2, -0.15) is 5.26 Å². The molecule has 6 heteroatoms. The van der Waals surface area contributed by atoms with Crippen molar-refractivity contribution in [3.05, 3.63) is 29.6 Å². The fourth-order valence-corrected chi connectivity index (χ4v) is 1.52. The summed E-state index contributed by atoms with van der Waals surface area (Å²) in [6.45, 7) is 0.350. The maximum Gasteiger partial charge on any atom is 0.323 e. The Bertz CT molecular complexity index is 471. The number of halogens is 1. The highest BCUT2D eigenvalue weighted by molar-refractivity contribution is 5.75. The molecule has 0 aliphatic heterocycles. The molecule has 1 rings (SSSR count). The minimum absolute atomic E-state index is 0.104. The Morgan fingerprint density at radius 2 is 2.33 bits per heavy atom. The second kappa shape index (κ2) is 6.57. The highest BCUT2D eigenvalue weighted by atomic mass is 19.1. The lowest BCUT2D eigenvalue weighted by atomic mass is 10.1. The van der Waals surface area contributed by atoms with Gasteiger partial charge in [0.25, 0.3) is 0 Å². The van der Waals surface area contributed by atoms with Crippen LogP contribution in [0.3, 0.4) is 0 Å². The van der Waals surface area contributed by atoms with Crippen LogP contribution in [0.15, 0.2) is 18.2 Å². The Kier molecular flexibility index (Phi) is 5.08. The summed E-state index contributed by atoms with van der Waals surface area (Å²) < 4.78 is 17.9. The van der Waals surface area contributed by atoms with Gasteiger partial charge in [-0.25, -0.2) is 4.39 Å². The van der Waals surface area contributed by atoms with E-state index >= 15 is 0 Å². The lowest BCUT2D eigenvalue weighted by Gasteiger charge is -2.23. The molecule has 0 aromatic heterocycles. The van der Waals surface area contributed by atoms with Crippen molar-refractivity contribution in [3.63, 3.8) is 0 Å². The fraction of sp³-hybridized carbons (Fsp3) is 0.333. The van der Waals surface area contributed by atoms with Gasteiger partial charge in [-0.05, 0) is 18.2 Å². The third kappa shape index (κ3) is 3.71. The van der Waals surface area contributed by atoms with Crippen molar-refractivity contribution in [3.8, 4) is 6.07 Å². The number of ether oxygens (including phenoxy) is 1. The van der Waals surface area contributed by atoms with E-state index in [2.05, 4.69) is 0 Å². The summed E-state index contributed by atoms with van der Waals surface area (Å²) >= 11 is 0. The van der Waals surface area contributed by atoms with Gasteiger partial charge in [0.15, 0.2) is 0 Å². The van der Waals surface area contributed by atoms with Crippen LogP contribution in [0.5, 0.6) is 0 Å². The summed E-state index contributed by atoms with van der Waals surface area (Å²) in [5.41, 5.74) is 0.491. The SMILES string of the molecule is COCCN(CC(=O)O)c1ccc(F)cc1C#N. The number of nitrogens with zero attached hydrogens (tertiary/aromatic N) is 2. The average molecular weight is 252 g/mol.